The highest BCUT2D eigenvalue weighted by molar-refractivity contribution is 7.11. The fraction of sp³-hybridized carbons (Fsp3) is 0.440. The summed E-state index contributed by atoms with van der Waals surface area (Å²) in [5.74, 6) is -5.58. The van der Waals surface area contributed by atoms with Gasteiger partial charge in [0, 0.05) is 48.3 Å². The third kappa shape index (κ3) is 4.92. The Bertz CT molecular complexity index is 1320. The summed E-state index contributed by atoms with van der Waals surface area (Å²) in [4.78, 5) is 34.9. The summed E-state index contributed by atoms with van der Waals surface area (Å²) < 4.78 is 49.6. The first-order chi connectivity index (χ1) is 18.1. The highest BCUT2D eigenvalue weighted by atomic mass is 35.5. The number of rotatable bonds is 7. The number of hydrogen-bond donors (Lipinski definition) is 2. The van der Waals surface area contributed by atoms with Crippen molar-refractivity contribution in [2.75, 3.05) is 13.7 Å². The molecule has 2 bridgehead atoms. The number of halogens is 4. The molecule has 38 heavy (non-hydrogen) atoms. The van der Waals surface area contributed by atoms with Crippen molar-refractivity contribution in [3.05, 3.63) is 62.5 Å². The van der Waals surface area contributed by atoms with E-state index >= 15 is 8.78 Å². The lowest BCUT2D eigenvalue weighted by Crippen LogP contribution is -2.50. The minimum Gasteiger partial charge on any atom is -0.481 e. The molecule has 13 heteroatoms. The van der Waals surface area contributed by atoms with Crippen molar-refractivity contribution >= 4 is 40.7 Å². The molecule has 202 valence electrons. The maximum absolute atomic E-state index is 15.1. The van der Waals surface area contributed by atoms with Gasteiger partial charge in [0.1, 0.15) is 11.9 Å². The van der Waals surface area contributed by atoms with Crippen LogP contribution in [0, 0.1) is 11.7 Å². The van der Waals surface area contributed by atoms with Gasteiger partial charge < -0.3 is 15.2 Å². The Morgan fingerprint density at radius 3 is 2.79 bits per heavy atom. The van der Waals surface area contributed by atoms with E-state index < -0.39 is 48.2 Å². The first-order valence-corrected chi connectivity index (χ1v) is 13.2. The molecule has 8 nitrogen and oxygen atoms in total. The molecule has 3 aliphatic rings. The number of thiazole rings is 1. The molecule has 0 unspecified atom stereocenters. The van der Waals surface area contributed by atoms with E-state index in [1.54, 1.807) is 22.5 Å². The number of esters is 1. The second-order valence-electron chi connectivity index (χ2n) is 9.61. The van der Waals surface area contributed by atoms with Crippen LogP contribution in [0.5, 0.6) is 0 Å². The zero-order chi connectivity index (χ0) is 27.2. The van der Waals surface area contributed by atoms with Gasteiger partial charge in [0.25, 0.3) is 5.92 Å². The second-order valence-corrected chi connectivity index (χ2v) is 10.9. The molecule has 2 saturated heterocycles. The van der Waals surface area contributed by atoms with Crippen molar-refractivity contribution in [3.8, 4) is 0 Å². The molecule has 1 aromatic carbocycles. The zero-order valence-electron chi connectivity index (χ0n) is 20.2. The van der Waals surface area contributed by atoms with Crippen LogP contribution in [0.2, 0.25) is 5.02 Å². The normalized spacial score (nSPS) is 26.6. The molecule has 2 fully saturated rings. The number of hydrogen-bond acceptors (Lipinski definition) is 8. The number of piperidine rings is 1. The number of alkyl halides is 2. The third-order valence-electron chi connectivity index (χ3n) is 7.27. The summed E-state index contributed by atoms with van der Waals surface area (Å²) in [6.07, 6.45) is 1.31. The number of methoxy groups -OCH3 is 1. The van der Waals surface area contributed by atoms with E-state index in [1.165, 1.54) is 30.6 Å². The van der Waals surface area contributed by atoms with Gasteiger partial charge in [-0.05, 0) is 24.8 Å². The summed E-state index contributed by atoms with van der Waals surface area (Å²) in [5, 5.41) is 14.3. The van der Waals surface area contributed by atoms with Crippen LogP contribution in [0.15, 0.2) is 46.0 Å². The molecule has 2 N–H and O–H groups in total. The van der Waals surface area contributed by atoms with E-state index in [1.807, 2.05) is 0 Å². The zero-order valence-corrected chi connectivity index (χ0v) is 21.7. The van der Waals surface area contributed by atoms with Crippen molar-refractivity contribution < 1.29 is 32.6 Å². The topological polar surface area (TPSA) is 104 Å². The number of nitrogens with zero attached hydrogens (tertiary/aromatic N) is 3. The number of nitrogens with one attached hydrogen (secondary N) is 1. The average Bonchev–Trinajstić information content (AvgIpc) is 3.44. The average molecular weight is 569 g/mol. The first kappa shape index (κ1) is 26.6. The molecule has 0 saturated carbocycles. The minimum absolute atomic E-state index is 0.0171. The maximum Gasteiger partial charge on any atom is 0.338 e. The lowest BCUT2D eigenvalue weighted by molar-refractivity contribution is -0.139. The third-order valence-corrected chi connectivity index (χ3v) is 8.45. The number of fused-ring (bicyclic) bond motifs is 2. The molecule has 0 amide bonds. The van der Waals surface area contributed by atoms with Crippen LogP contribution in [-0.2, 0) is 14.3 Å². The molecule has 1 aromatic heterocycles. The van der Waals surface area contributed by atoms with E-state index in [2.05, 4.69) is 15.3 Å². The summed E-state index contributed by atoms with van der Waals surface area (Å²) in [6.45, 7) is -0.0804. The van der Waals surface area contributed by atoms with Crippen molar-refractivity contribution in [1.82, 2.24) is 15.2 Å². The molecule has 3 aliphatic heterocycles. The molecule has 0 aliphatic carbocycles. The van der Waals surface area contributed by atoms with Gasteiger partial charge >= 0.3 is 11.9 Å². The Labute approximate surface area is 225 Å². The van der Waals surface area contributed by atoms with Gasteiger partial charge in [-0.2, -0.15) is 0 Å². The fourth-order valence-electron chi connectivity index (χ4n) is 5.70. The number of amidine groups is 1. The Morgan fingerprint density at radius 2 is 2.13 bits per heavy atom. The van der Waals surface area contributed by atoms with Gasteiger partial charge in [-0.25, -0.2) is 22.9 Å². The predicted octanol–water partition coefficient (Wildman–Crippen LogP) is 4.42. The Kier molecular flexibility index (Phi) is 7.23. The van der Waals surface area contributed by atoms with E-state index in [0.717, 1.165) is 0 Å². The molecular weight excluding hydrogens is 545 g/mol. The van der Waals surface area contributed by atoms with Gasteiger partial charge in [-0.3, -0.25) is 14.7 Å². The maximum atomic E-state index is 15.1. The van der Waals surface area contributed by atoms with E-state index in [9.17, 15) is 19.1 Å². The number of carbonyl (C=O) groups is 2. The van der Waals surface area contributed by atoms with Crippen molar-refractivity contribution in [1.29, 1.82) is 0 Å². The van der Waals surface area contributed by atoms with E-state index in [-0.39, 0.29) is 53.0 Å². The van der Waals surface area contributed by atoms with Gasteiger partial charge in [0.05, 0.1) is 23.7 Å². The van der Waals surface area contributed by atoms with Crippen LogP contribution in [0.1, 0.15) is 42.3 Å². The van der Waals surface area contributed by atoms with E-state index in [0.29, 0.717) is 11.4 Å². The number of carbonyl (C=O) groups excluding carboxylic acids is 1. The molecule has 0 radical (unpaired) electrons. The van der Waals surface area contributed by atoms with Gasteiger partial charge in [0.15, 0.2) is 10.8 Å². The van der Waals surface area contributed by atoms with Gasteiger partial charge in [-0.1, -0.05) is 23.7 Å². The number of aliphatic imine (C=N–C) groups is 1. The summed E-state index contributed by atoms with van der Waals surface area (Å²) in [6, 6.07) is 1.31. The van der Waals surface area contributed by atoms with Crippen molar-refractivity contribution in [3.63, 3.8) is 0 Å². The quantitative estimate of drug-likeness (QED) is 0.477. The van der Waals surface area contributed by atoms with Crippen molar-refractivity contribution in [2.24, 2.45) is 10.9 Å². The lowest BCUT2D eigenvalue weighted by Gasteiger charge is -2.40. The molecular formula is C25H24ClF3N4O4S. The van der Waals surface area contributed by atoms with Crippen LogP contribution in [-0.4, -0.2) is 64.4 Å². The molecule has 4 heterocycles. The first-order valence-electron chi connectivity index (χ1n) is 11.9. The Hall–Kier alpha value is -2.96. The largest absolute Gasteiger partial charge is 0.481 e. The summed E-state index contributed by atoms with van der Waals surface area (Å²) >= 11 is 7.57. The number of aromatic nitrogens is 1. The highest BCUT2D eigenvalue weighted by Crippen LogP contribution is 2.49. The molecule has 5 rings (SSSR count). The van der Waals surface area contributed by atoms with Crippen LogP contribution in [0.4, 0.5) is 13.2 Å². The monoisotopic (exact) mass is 568 g/mol. The fourth-order valence-corrected chi connectivity index (χ4v) is 6.52. The number of ether oxygens (including phenoxy) is 1. The number of carboxylic acid groups (broad SMARTS) is 1. The Morgan fingerprint density at radius 1 is 1.34 bits per heavy atom. The van der Waals surface area contributed by atoms with E-state index in [4.69, 9.17) is 16.3 Å². The lowest BCUT2D eigenvalue weighted by atomic mass is 9.87. The predicted molar refractivity (Wildman–Crippen MR) is 134 cm³/mol. The van der Waals surface area contributed by atoms with Gasteiger partial charge in [0.2, 0.25) is 0 Å². The summed E-state index contributed by atoms with van der Waals surface area (Å²) in [7, 11) is 1.19. The molecule has 0 spiro atoms. The number of carboxylic acids is 1. The number of aliphatic carboxylic acids is 1. The van der Waals surface area contributed by atoms with Crippen LogP contribution in [0.3, 0.4) is 0 Å². The molecule has 2 aromatic rings. The standard InChI is InChI=1S/C25H24ClF3N4O4S/c1-37-24(36)19-16(11-33-13-7-12(9-18(34)35)8-17(33)25(28,29)10-13)31-22(23-30-5-6-38-23)32-21(19)14-3-2-4-15(27)20(14)26/h2-6,12-13,17,21H,7-11H2,1H3,(H,31,32)(H,34,35)/t12-,13+,17+,21-/m0/s1. The Balaban J connectivity index is 1.58. The smallest absolute Gasteiger partial charge is 0.338 e. The van der Waals surface area contributed by atoms with Crippen LogP contribution < -0.4 is 5.32 Å². The number of benzene rings is 1. The van der Waals surface area contributed by atoms with Crippen LogP contribution in [0.25, 0.3) is 0 Å². The summed E-state index contributed by atoms with van der Waals surface area (Å²) in [5.41, 5.74) is 0.510. The highest BCUT2D eigenvalue weighted by Gasteiger charge is 2.57. The van der Waals surface area contributed by atoms with Crippen molar-refractivity contribution in [2.45, 2.75) is 49.7 Å². The minimum atomic E-state index is -3.02. The second kappa shape index (κ2) is 10.3. The molecule has 4 atom stereocenters. The SMILES string of the molecule is COC(=O)C1=C(CN2[C@@H]3C[C@H](CC(=O)O)C[C@@H]2C(F)(F)C3)NC(c2nccs2)=N[C@H]1c1cccc(F)c1Cl. The van der Waals surface area contributed by atoms with Crippen LogP contribution >= 0.6 is 22.9 Å². The van der Waals surface area contributed by atoms with Gasteiger partial charge in [-0.15, -0.1) is 11.3 Å².